The Labute approximate surface area is 111 Å². The van der Waals surface area contributed by atoms with Gasteiger partial charge in [-0.25, -0.2) is 4.98 Å². The van der Waals surface area contributed by atoms with E-state index in [-0.39, 0.29) is 10.8 Å². The summed E-state index contributed by atoms with van der Waals surface area (Å²) >= 11 is 5.78. The van der Waals surface area contributed by atoms with Crippen LogP contribution in [0.25, 0.3) is 0 Å². The van der Waals surface area contributed by atoms with Crippen LogP contribution >= 0.6 is 11.6 Å². The summed E-state index contributed by atoms with van der Waals surface area (Å²) in [6.07, 6.45) is 4.58. The minimum Gasteiger partial charge on any atom is -0.367 e. The van der Waals surface area contributed by atoms with E-state index in [0.717, 1.165) is 12.8 Å². The highest BCUT2D eigenvalue weighted by Crippen LogP contribution is 2.27. The Morgan fingerprint density at radius 2 is 2.28 bits per heavy atom. The largest absolute Gasteiger partial charge is 0.367 e. The second-order valence-electron chi connectivity index (χ2n) is 4.90. The van der Waals surface area contributed by atoms with Gasteiger partial charge in [0.05, 0.1) is 17.1 Å². The summed E-state index contributed by atoms with van der Waals surface area (Å²) in [5, 5.41) is 14.1. The number of aromatic nitrogens is 1. The summed E-state index contributed by atoms with van der Waals surface area (Å²) in [7, 11) is 0. The first-order valence-electron chi connectivity index (χ1n) is 6.13. The molecule has 1 heterocycles. The van der Waals surface area contributed by atoms with Crippen molar-refractivity contribution in [3.05, 3.63) is 27.4 Å². The molecule has 1 aromatic heterocycles. The molecule has 1 fully saturated rings. The number of nitrogens with zero attached hydrogens (tertiary/aromatic N) is 2. The maximum atomic E-state index is 10.7. The molecular formula is C12H16ClN3O2. The third kappa shape index (κ3) is 3.32. The molecule has 6 heteroatoms. The van der Waals surface area contributed by atoms with E-state index >= 15 is 0 Å². The van der Waals surface area contributed by atoms with Crippen molar-refractivity contribution in [1.29, 1.82) is 0 Å². The first-order chi connectivity index (χ1) is 8.54. The van der Waals surface area contributed by atoms with Crippen molar-refractivity contribution in [2.24, 2.45) is 5.92 Å². The highest BCUT2D eigenvalue weighted by molar-refractivity contribution is 6.29. The van der Waals surface area contributed by atoms with Gasteiger partial charge in [-0.05, 0) is 18.8 Å². The van der Waals surface area contributed by atoms with Crippen molar-refractivity contribution < 1.29 is 4.92 Å². The monoisotopic (exact) mass is 269 g/mol. The van der Waals surface area contributed by atoms with E-state index in [9.17, 15) is 10.1 Å². The van der Waals surface area contributed by atoms with Crippen LogP contribution < -0.4 is 5.32 Å². The van der Waals surface area contributed by atoms with E-state index in [1.807, 2.05) is 0 Å². The topological polar surface area (TPSA) is 68.1 Å². The molecule has 18 heavy (non-hydrogen) atoms. The molecule has 0 aromatic carbocycles. The molecule has 0 bridgehead atoms. The Balaban J connectivity index is 2.10. The smallest absolute Gasteiger partial charge is 0.276 e. The predicted molar refractivity (Wildman–Crippen MR) is 70.9 cm³/mol. The van der Waals surface area contributed by atoms with Crippen LogP contribution in [-0.2, 0) is 0 Å². The van der Waals surface area contributed by atoms with Crippen LogP contribution in [0.1, 0.15) is 32.6 Å². The van der Waals surface area contributed by atoms with Gasteiger partial charge >= 0.3 is 0 Å². The molecular weight excluding hydrogens is 254 g/mol. The molecule has 2 atom stereocenters. The molecule has 1 aromatic rings. The summed E-state index contributed by atoms with van der Waals surface area (Å²) < 4.78 is 0. The van der Waals surface area contributed by atoms with Crippen molar-refractivity contribution >= 4 is 23.1 Å². The molecule has 0 aliphatic heterocycles. The quantitative estimate of drug-likeness (QED) is 0.517. The van der Waals surface area contributed by atoms with Crippen molar-refractivity contribution in [3.63, 3.8) is 0 Å². The molecule has 2 unspecified atom stereocenters. The fourth-order valence-electron chi connectivity index (χ4n) is 2.44. The lowest BCUT2D eigenvalue weighted by Gasteiger charge is -2.27. The number of hydrogen-bond donors (Lipinski definition) is 1. The van der Waals surface area contributed by atoms with Gasteiger partial charge in [-0.1, -0.05) is 31.4 Å². The average molecular weight is 270 g/mol. The zero-order chi connectivity index (χ0) is 13.1. The number of rotatable bonds is 3. The standard InChI is InChI=1S/C12H16ClN3O2/c1-8-3-2-4-9(5-8)14-12-7-10(16(17)18)6-11(13)15-12/h6-9H,2-5H2,1H3,(H,14,15). The zero-order valence-corrected chi connectivity index (χ0v) is 11.0. The maximum absolute atomic E-state index is 10.7. The minimum atomic E-state index is -0.456. The zero-order valence-electron chi connectivity index (χ0n) is 10.2. The third-order valence-electron chi connectivity index (χ3n) is 3.28. The van der Waals surface area contributed by atoms with E-state index in [1.54, 1.807) is 0 Å². The predicted octanol–water partition coefficient (Wildman–Crippen LogP) is 3.63. The number of anilines is 1. The summed E-state index contributed by atoms with van der Waals surface area (Å²) in [6.45, 7) is 2.22. The highest BCUT2D eigenvalue weighted by Gasteiger charge is 2.20. The van der Waals surface area contributed by atoms with Gasteiger partial charge in [0.1, 0.15) is 11.0 Å². The van der Waals surface area contributed by atoms with Crippen molar-refractivity contribution in [1.82, 2.24) is 4.98 Å². The van der Waals surface area contributed by atoms with Crippen molar-refractivity contribution in [3.8, 4) is 0 Å². The fraction of sp³-hybridized carbons (Fsp3) is 0.583. The number of pyridine rings is 1. The van der Waals surface area contributed by atoms with Crippen LogP contribution in [-0.4, -0.2) is 15.9 Å². The minimum absolute atomic E-state index is 0.0265. The molecule has 1 aliphatic carbocycles. The van der Waals surface area contributed by atoms with E-state index < -0.39 is 4.92 Å². The van der Waals surface area contributed by atoms with Gasteiger partial charge < -0.3 is 5.32 Å². The number of nitrogens with one attached hydrogen (secondary N) is 1. The van der Waals surface area contributed by atoms with Crippen molar-refractivity contribution in [2.75, 3.05) is 5.32 Å². The Morgan fingerprint density at radius 3 is 2.94 bits per heavy atom. The summed E-state index contributed by atoms with van der Waals surface area (Å²) in [5.41, 5.74) is -0.0265. The molecule has 0 spiro atoms. The molecule has 1 N–H and O–H groups in total. The molecule has 2 rings (SSSR count). The Bertz CT molecular complexity index is 453. The van der Waals surface area contributed by atoms with Gasteiger partial charge in [-0.15, -0.1) is 0 Å². The van der Waals surface area contributed by atoms with E-state index in [4.69, 9.17) is 11.6 Å². The average Bonchev–Trinajstić information content (AvgIpc) is 2.28. The highest BCUT2D eigenvalue weighted by atomic mass is 35.5. The van der Waals surface area contributed by atoms with E-state index in [2.05, 4.69) is 17.2 Å². The number of hydrogen-bond acceptors (Lipinski definition) is 4. The van der Waals surface area contributed by atoms with Crippen LogP contribution in [0.15, 0.2) is 12.1 Å². The fourth-order valence-corrected chi connectivity index (χ4v) is 2.64. The molecule has 1 aliphatic rings. The second kappa shape index (κ2) is 5.52. The lowest BCUT2D eigenvalue weighted by atomic mass is 9.87. The van der Waals surface area contributed by atoms with Crippen molar-refractivity contribution in [2.45, 2.75) is 38.6 Å². The molecule has 5 nitrogen and oxygen atoms in total. The molecule has 1 saturated carbocycles. The lowest BCUT2D eigenvalue weighted by Crippen LogP contribution is -2.26. The van der Waals surface area contributed by atoms with E-state index in [1.165, 1.54) is 25.0 Å². The van der Waals surface area contributed by atoms with E-state index in [0.29, 0.717) is 17.8 Å². The molecule has 0 saturated heterocycles. The first kappa shape index (κ1) is 13.1. The summed E-state index contributed by atoms with van der Waals surface area (Å²) in [4.78, 5) is 14.4. The maximum Gasteiger partial charge on any atom is 0.276 e. The SMILES string of the molecule is CC1CCCC(Nc2cc([N+](=O)[O-])cc(Cl)n2)C1. The van der Waals surface area contributed by atoms with Gasteiger partial charge in [0.25, 0.3) is 5.69 Å². The van der Waals surface area contributed by atoms with Gasteiger partial charge in [-0.2, -0.15) is 0 Å². The van der Waals surface area contributed by atoms with Crippen LogP contribution in [0.3, 0.4) is 0 Å². The second-order valence-corrected chi connectivity index (χ2v) is 5.29. The third-order valence-corrected chi connectivity index (χ3v) is 3.47. The van der Waals surface area contributed by atoms with Gasteiger partial charge in [-0.3, -0.25) is 10.1 Å². The molecule has 0 amide bonds. The normalized spacial score (nSPS) is 23.7. The summed E-state index contributed by atoms with van der Waals surface area (Å²) in [6, 6.07) is 3.03. The van der Waals surface area contributed by atoms with Crippen LogP contribution in [0.4, 0.5) is 11.5 Å². The van der Waals surface area contributed by atoms with Crippen LogP contribution in [0.2, 0.25) is 5.15 Å². The Morgan fingerprint density at radius 1 is 1.50 bits per heavy atom. The van der Waals surface area contributed by atoms with Crippen LogP contribution in [0, 0.1) is 16.0 Å². The Hall–Kier alpha value is -1.36. The lowest BCUT2D eigenvalue weighted by molar-refractivity contribution is -0.384. The van der Waals surface area contributed by atoms with Crippen LogP contribution in [0.5, 0.6) is 0 Å². The van der Waals surface area contributed by atoms with Gasteiger partial charge in [0, 0.05) is 6.04 Å². The first-order valence-corrected chi connectivity index (χ1v) is 6.51. The van der Waals surface area contributed by atoms with Gasteiger partial charge in [0.15, 0.2) is 0 Å². The molecule has 0 radical (unpaired) electrons. The Kier molecular flexibility index (Phi) is 4.01. The summed E-state index contributed by atoms with van der Waals surface area (Å²) in [5.74, 6) is 1.18. The number of nitro groups is 1. The van der Waals surface area contributed by atoms with Gasteiger partial charge in [0.2, 0.25) is 0 Å². The number of halogens is 1. The molecule has 98 valence electrons.